The lowest BCUT2D eigenvalue weighted by atomic mass is 10.2. The first-order valence-corrected chi connectivity index (χ1v) is 6.75. The van der Waals surface area contributed by atoms with Crippen LogP contribution >= 0.6 is 12.4 Å². The van der Waals surface area contributed by atoms with Gasteiger partial charge in [-0.3, -0.25) is 4.79 Å². The van der Waals surface area contributed by atoms with Gasteiger partial charge in [0.1, 0.15) is 11.9 Å². The largest absolute Gasteiger partial charge is 0.354 e. The van der Waals surface area contributed by atoms with E-state index in [4.69, 9.17) is 0 Å². The number of carbonyl (C=O) groups excluding carboxylic acids is 1. The van der Waals surface area contributed by atoms with Gasteiger partial charge in [-0.15, -0.1) is 12.4 Å². The van der Waals surface area contributed by atoms with Crippen LogP contribution in [0.1, 0.15) is 6.42 Å². The first-order chi connectivity index (χ1) is 6.87. The molecular formula is C8H16ClFN2O3S. The quantitative estimate of drug-likeness (QED) is 0.709. The van der Waals surface area contributed by atoms with Gasteiger partial charge in [-0.05, 0) is 6.42 Å². The second-order valence-electron chi connectivity index (χ2n) is 3.81. The van der Waals surface area contributed by atoms with E-state index in [1.807, 2.05) is 0 Å². The smallest absolute Gasteiger partial charge is 0.235 e. The van der Waals surface area contributed by atoms with Crippen LogP contribution in [0.25, 0.3) is 0 Å². The molecule has 2 N–H and O–H groups in total. The molecule has 1 fully saturated rings. The zero-order chi connectivity index (χ0) is 11.5. The molecule has 1 aliphatic rings. The molecule has 0 bridgehead atoms. The average molecular weight is 275 g/mol. The second-order valence-corrected chi connectivity index (χ2v) is 5.95. The van der Waals surface area contributed by atoms with Gasteiger partial charge in [-0.1, -0.05) is 0 Å². The third-order valence-corrected chi connectivity index (χ3v) is 2.89. The molecule has 0 radical (unpaired) electrons. The highest BCUT2D eigenvalue weighted by atomic mass is 35.5. The van der Waals surface area contributed by atoms with Crippen LogP contribution in [0.4, 0.5) is 4.39 Å². The number of carbonyl (C=O) groups is 1. The van der Waals surface area contributed by atoms with E-state index in [1.165, 1.54) is 0 Å². The number of amides is 1. The van der Waals surface area contributed by atoms with E-state index in [2.05, 4.69) is 10.6 Å². The molecule has 1 heterocycles. The summed E-state index contributed by atoms with van der Waals surface area (Å²) in [6, 6.07) is -0.0940. The van der Waals surface area contributed by atoms with Gasteiger partial charge >= 0.3 is 0 Å². The summed E-state index contributed by atoms with van der Waals surface area (Å²) in [5, 5.41) is 5.34. The number of halogens is 2. The van der Waals surface area contributed by atoms with Gasteiger partial charge < -0.3 is 10.6 Å². The van der Waals surface area contributed by atoms with Gasteiger partial charge in [0.15, 0.2) is 9.84 Å². The van der Waals surface area contributed by atoms with Gasteiger partial charge in [0.2, 0.25) is 5.91 Å². The normalized spacial score (nSPS) is 24.9. The summed E-state index contributed by atoms with van der Waals surface area (Å²) >= 11 is 0. The zero-order valence-corrected chi connectivity index (χ0v) is 10.5. The summed E-state index contributed by atoms with van der Waals surface area (Å²) in [5.74, 6) is -1.06. The van der Waals surface area contributed by atoms with E-state index in [0.29, 0.717) is 13.0 Å². The fourth-order valence-electron chi connectivity index (χ4n) is 1.45. The fourth-order valence-corrected chi connectivity index (χ4v) is 2.03. The van der Waals surface area contributed by atoms with Crippen molar-refractivity contribution < 1.29 is 17.6 Å². The van der Waals surface area contributed by atoms with Crippen molar-refractivity contribution in [2.45, 2.75) is 18.6 Å². The lowest BCUT2D eigenvalue weighted by Crippen LogP contribution is -2.39. The Bertz CT molecular complexity index is 336. The highest BCUT2D eigenvalue weighted by Gasteiger charge is 2.23. The van der Waals surface area contributed by atoms with Crippen molar-refractivity contribution in [1.82, 2.24) is 10.6 Å². The van der Waals surface area contributed by atoms with Crippen LogP contribution in [0, 0.1) is 0 Å². The van der Waals surface area contributed by atoms with E-state index in [1.54, 1.807) is 0 Å². The maximum absolute atomic E-state index is 12.7. The molecule has 1 saturated heterocycles. The van der Waals surface area contributed by atoms with Crippen LogP contribution in [0.3, 0.4) is 0 Å². The molecule has 2 atom stereocenters. The maximum Gasteiger partial charge on any atom is 0.235 e. The molecule has 0 aliphatic carbocycles. The van der Waals surface area contributed by atoms with Crippen LogP contribution in [-0.4, -0.2) is 51.6 Å². The van der Waals surface area contributed by atoms with Gasteiger partial charge in [0.25, 0.3) is 0 Å². The summed E-state index contributed by atoms with van der Waals surface area (Å²) in [6.07, 6.45) is 0.485. The number of sulfone groups is 1. The van der Waals surface area contributed by atoms with Crippen LogP contribution in [0.15, 0.2) is 0 Å². The second kappa shape index (κ2) is 6.36. The van der Waals surface area contributed by atoms with E-state index >= 15 is 0 Å². The van der Waals surface area contributed by atoms with Crippen LogP contribution in [0.2, 0.25) is 0 Å². The number of rotatable bonds is 4. The third-order valence-electron chi connectivity index (χ3n) is 2.11. The number of nitrogens with one attached hydrogen (secondary N) is 2. The molecule has 1 rings (SSSR count). The third kappa shape index (κ3) is 6.24. The van der Waals surface area contributed by atoms with Crippen molar-refractivity contribution in [3.63, 3.8) is 0 Å². The molecular weight excluding hydrogens is 259 g/mol. The molecule has 0 saturated carbocycles. The molecule has 96 valence electrons. The molecule has 5 nitrogen and oxygen atoms in total. The van der Waals surface area contributed by atoms with Crippen LogP contribution < -0.4 is 10.6 Å². The standard InChI is InChI=1S/C8H15FN2O3S.ClH/c1-15(13,14)5-8(12)11-4-7-2-6(9)3-10-7;/h6-7,10H,2-5H2,1H3,(H,11,12);1H/t6-,7-;/m0./s1. The number of hydrogen-bond acceptors (Lipinski definition) is 4. The average Bonchev–Trinajstić information content (AvgIpc) is 2.45. The first kappa shape index (κ1) is 15.6. The SMILES string of the molecule is CS(=O)(=O)CC(=O)NC[C@@H]1C[C@H](F)CN1.Cl. The van der Waals surface area contributed by atoms with Gasteiger partial charge in [-0.25, -0.2) is 12.8 Å². The minimum absolute atomic E-state index is 0. The van der Waals surface area contributed by atoms with Gasteiger partial charge in [-0.2, -0.15) is 0 Å². The van der Waals surface area contributed by atoms with E-state index in [9.17, 15) is 17.6 Å². The van der Waals surface area contributed by atoms with Crippen molar-refractivity contribution in [2.75, 3.05) is 25.1 Å². The first-order valence-electron chi connectivity index (χ1n) is 4.68. The van der Waals surface area contributed by atoms with Crippen LogP contribution in [-0.2, 0) is 14.6 Å². The molecule has 8 heteroatoms. The van der Waals surface area contributed by atoms with Crippen LogP contribution in [0.5, 0.6) is 0 Å². The fraction of sp³-hybridized carbons (Fsp3) is 0.875. The minimum atomic E-state index is -3.29. The van der Waals surface area contributed by atoms with E-state index in [-0.39, 0.29) is 25.0 Å². The predicted octanol–water partition coefficient (Wildman–Crippen LogP) is -0.731. The van der Waals surface area contributed by atoms with E-state index < -0.39 is 27.7 Å². The number of hydrogen-bond donors (Lipinski definition) is 2. The molecule has 0 aromatic rings. The molecule has 0 aromatic carbocycles. The summed E-state index contributed by atoms with van der Waals surface area (Å²) in [5.41, 5.74) is 0. The lowest BCUT2D eigenvalue weighted by molar-refractivity contribution is -0.118. The highest BCUT2D eigenvalue weighted by Crippen LogP contribution is 2.08. The molecule has 0 spiro atoms. The topological polar surface area (TPSA) is 75.3 Å². The summed E-state index contributed by atoms with van der Waals surface area (Å²) < 4.78 is 34.2. The number of alkyl halides is 1. The molecule has 0 unspecified atom stereocenters. The molecule has 16 heavy (non-hydrogen) atoms. The summed E-state index contributed by atoms with van der Waals surface area (Å²) in [6.45, 7) is 0.571. The zero-order valence-electron chi connectivity index (χ0n) is 8.90. The van der Waals surface area contributed by atoms with Gasteiger partial charge in [0.05, 0.1) is 0 Å². The van der Waals surface area contributed by atoms with Crippen molar-refractivity contribution in [1.29, 1.82) is 0 Å². The highest BCUT2D eigenvalue weighted by molar-refractivity contribution is 7.91. The van der Waals surface area contributed by atoms with Gasteiger partial charge in [0, 0.05) is 25.4 Å². The Kier molecular flexibility index (Phi) is 6.20. The van der Waals surface area contributed by atoms with Crippen molar-refractivity contribution in [3.05, 3.63) is 0 Å². The lowest BCUT2D eigenvalue weighted by Gasteiger charge is -2.10. The Labute approximate surface area is 100 Å². The van der Waals surface area contributed by atoms with E-state index in [0.717, 1.165) is 6.26 Å². The predicted molar refractivity (Wildman–Crippen MR) is 61.3 cm³/mol. The Morgan fingerprint density at radius 2 is 2.19 bits per heavy atom. The Morgan fingerprint density at radius 1 is 1.56 bits per heavy atom. The summed E-state index contributed by atoms with van der Waals surface area (Å²) in [7, 11) is -3.29. The molecule has 1 aliphatic heterocycles. The van der Waals surface area contributed by atoms with Crippen molar-refractivity contribution in [3.8, 4) is 0 Å². The minimum Gasteiger partial charge on any atom is -0.354 e. The molecule has 0 aromatic heterocycles. The molecule has 1 amide bonds. The Morgan fingerprint density at radius 3 is 2.62 bits per heavy atom. The Hall–Kier alpha value is -0.400. The Balaban J connectivity index is 0.00000225. The monoisotopic (exact) mass is 274 g/mol. The van der Waals surface area contributed by atoms with Crippen molar-refractivity contribution >= 4 is 28.2 Å². The van der Waals surface area contributed by atoms with Crippen molar-refractivity contribution in [2.24, 2.45) is 0 Å². The summed E-state index contributed by atoms with van der Waals surface area (Å²) in [4.78, 5) is 11.1. The maximum atomic E-state index is 12.7.